The van der Waals surface area contributed by atoms with Gasteiger partial charge in [0.05, 0.1) is 28.7 Å². The minimum Gasteiger partial charge on any atom is -0.341 e. The molecule has 5 heterocycles. The lowest BCUT2D eigenvalue weighted by molar-refractivity contribution is 0.183. The maximum atomic E-state index is 11.9. The van der Waals surface area contributed by atoms with E-state index in [0.29, 0.717) is 13.1 Å². The second-order valence-electron chi connectivity index (χ2n) is 9.64. The molecule has 2 fully saturated rings. The van der Waals surface area contributed by atoms with Crippen molar-refractivity contribution in [1.29, 1.82) is 0 Å². The average Bonchev–Trinajstić information content (AvgIpc) is 3.51. The molecule has 1 aromatic carbocycles. The SMILES string of the molecule is CS(=O)(=O)N1CCN(Cc2csc3c(-c4cccc5c4C=NC5)nc(N4CCCCC4)nc23)CC1. The largest absolute Gasteiger partial charge is 0.341 e. The third-order valence-corrected chi connectivity index (χ3v) is 9.57. The topological polar surface area (TPSA) is 82.0 Å². The van der Waals surface area contributed by atoms with Gasteiger partial charge in [-0.25, -0.2) is 18.4 Å². The second kappa shape index (κ2) is 9.24. The van der Waals surface area contributed by atoms with Crippen LogP contribution in [-0.2, 0) is 23.1 Å². The molecule has 0 spiro atoms. The predicted molar refractivity (Wildman–Crippen MR) is 142 cm³/mol. The van der Waals surface area contributed by atoms with Crippen molar-refractivity contribution in [2.45, 2.75) is 32.4 Å². The van der Waals surface area contributed by atoms with Crippen LogP contribution in [0.25, 0.3) is 21.5 Å². The average molecular weight is 511 g/mol. The summed E-state index contributed by atoms with van der Waals surface area (Å²) in [4.78, 5) is 19.4. The Morgan fingerprint density at radius 1 is 1.00 bits per heavy atom. The summed E-state index contributed by atoms with van der Waals surface area (Å²) in [7, 11) is -3.13. The van der Waals surface area contributed by atoms with E-state index >= 15 is 0 Å². The molecule has 3 aliphatic heterocycles. The molecular weight excluding hydrogens is 480 g/mol. The van der Waals surface area contributed by atoms with Crippen LogP contribution in [0.4, 0.5) is 5.95 Å². The second-order valence-corrected chi connectivity index (χ2v) is 12.5. The molecule has 0 aliphatic carbocycles. The fourth-order valence-electron chi connectivity index (χ4n) is 5.29. The lowest BCUT2D eigenvalue weighted by Crippen LogP contribution is -2.47. The highest BCUT2D eigenvalue weighted by Crippen LogP contribution is 2.38. The van der Waals surface area contributed by atoms with E-state index < -0.39 is 10.0 Å². The summed E-state index contributed by atoms with van der Waals surface area (Å²) >= 11 is 1.71. The van der Waals surface area contributed by atoms with E-state index in [1.54, 1.807) is 15.6 Å². The summed E-state index contributed by atoms with van der Waals surface area (Å²) in [5.74, 6) is 0.821. The van der Waals surface area contributed by atoms with E-state index in [2.05, 4.69) is 38.4 Å². The Hall–Kier alpha value is -2.40. The Balaban J connectivity index is 1.39. The number of anilines is 1. The molecule has 0 amide bonds. The molecule has 0 N–H and O–H groups in total. The van der Waals surface area contributed by atoms with Crippen molar-refractivity contribution < 1.29 is 8.42 Å². The maximum Gasteiger partial charge on any atom is 0.226 e. The normalized spacial score (nSPS) is 19.5. The van der Waals surface area contributed by atoms with Gasteiger partial charge in [0.2, 0.25) is 16.0 Å². The smallest absolute Gasteiger partial charge is 0.226 e. The molecule has 0 radical (unpaired) electrons. The molecule has 35 heavy (non-hydrogen) atoms. The van der Waals surface area contributed by atoms with Crippen LogP contribution >= 0.6 is 11.3 Å². The first-order valence-electron chi connectivity index (χ1n) is 12.3. The summed E-state index contributed by atoms with van der Waals surface area (Å²) < 4.78 is 26.5. The number of aromatic nitrogens is 2. The lowest BCUT2D eigenvalue weighted by Gasteiger charge is -2.33. The van der Waals surface area contributed by atoms with Gasteiger partial charge in [-0.15, -0.1) is 11.3 Å². The molecule has 0 unspecified atom stereocenters. The van der Waals surface area contributed by atoms with Crippen LogP contribution < -0.4 is 4.90 Å². The standard InChI is InChI=1S/C25H30N6O2S2/c1-35(32,33)31-12-10-29(11-13-31)16-19-17-34-24-22(19)27-25(30-8-3-2-4-9-30)28-23(24)20-7-5-6-18-14-26-15-21(18)20/h5-7,15,17H,2-4,8-14,16H2,1H3. The molecule has 6 rings (SSSR count). The van der Waals surface area contributed by atoms with Crippen LogP contribution in [0.2, 0.25) is 0 Å². The molecule has 10 heteroatoms. The van der Waals surface area contributed by atoms with Crippen LogP contribution in [0.1, 0.15) is 36.0 Å². The van der Waals surface area contributed by atoms with Crippen molar-refractivity contribution in [3.8, 4) is 11.3 Å². The molecule has 0 atom stereocenters. The molecular formula is C25H30N6O2S2. The molecule has 2 saturated heterocycles. The van der Waals surface area contributed by atoms with Gasteiger partial charge in [-0.05, 0) is 30.2 Å². The quantitative estimate of drug-likeness (QED) is 0.524. The predicted octanol–water partition coefficient (Wildman–Crippen LogP) is 3.36. The number of hydrogen-bond acceptors (Lipinski definition) is 8. The molecule has 0 bridgehead atoms. The Bertz CT molecular complexity index is 1390. The van der Waals surface area contributed by atoms with Crippen LogP contribution in [0.15, 0.2) is 28.6 Å². The summed E-state index contributed by atoms with van der Waals surface area (Å²) in [6, 6.07) is 6.40. The number of piperazine rings is 1. The summed E-state index contributed by atoms with van der Waals surface area (Å²) in [5, 5.41) is 2.21. The van der Waals surface area contributed by atoms with Gasteiger partial charge in [0.1, 0.15) is 0 Å². The number of nitrogens with zero attached hydrogens (tertiary/aromatic N) is 6. The zero-order chi connectivity index (χ0) is 24.0. The van der Waals surface area contributed by atoms with Crippen LogP contribution in [0.5, 0.6) is 0 Å². The molecule has 2 aromatic heterocycles. The number of sulfonamides is 1. The number of fused-ring (bicyclic) bond motifs is 2. The zero-order valence-electron chi connectivity index (χ0n) is 20.0. The number of benzene rings is 1. The van der Waals surface area contributed by atoms with Crippen LogP contribution in [-0.4, -0.2) is 79.3 Å². The molecule has 8 nitrogen and oxygen atoms in total. The lowest BCUT2D eigenvalue weighted by atomic mass is 10.0. The van der Waals surface area contributed by atoms with E-state index in [4.69, 9.17) is 9.97 Å². The van der Waals surface area contributed by atoms with Gasteiger partial charge in [-0.2, -0.15) is 4.31 Å². The molecule has 3 aromatic rings. The Kier molecular flexibility index (Phi) is 6.08. The summed E-state index contributed by atoms with van der Waals surface area (Å²) in [5.41, 5.74) is 6.77. The highest BCUT2D eigenvalue weighted by molar-refractivity contribution is 7.88. The zero-order valence-corrected chi connectivity index (χ0v) is 21.6. The first kappa shape index (κ1) is 23.0. The van der Waals surface area contributed by atoms with Gasteiger partial charge in [0.15, 0.2) is 0 Å². The number of hydrogen-bond donors (Lipinski definition) is 0. The molecule has 3 aliphatic rings. The molecule has 184 valence electrons. The summed E-state index contributed by atoms with van der Waals surface area (Å²) in [6.45, 7) is 6.01. The minimum absolute atomic E-state index is 0.537. The van der Waals surface area contributed by atoms with Gasteiger partial charge in [0.25, 0.3) is 0 Å². The maximum absolute atomic E-state index is 11.9. The number of piperidine rings is 1. The molecule has 0 saturated carbocycles. The Morgan fingerprint density at radius 2 is 1.80 bits per heavy atom. The van der Waals surface area contributed by atoms with Crippen molar-refractivity contribution >= 4 is 43.7 Å². The fraction of sp³-hybridized carbons (Fsp3) is 0.480. The van der Waals surface area contributed by atoms with E-state index in [1.807, 2.05) is 6.21 Å². The third-order valence-electron chi connectivity index (χ3n) is 7.24. The number of thiophene rings is 1. The van der Waals surface area contributed by atoms with E-state index in [-0.39, 0.29) is 0 Å². The van der Waals surface area contributed by atoms with Gasteiger partial charge in [-0.1, -0.05) is 18.2 Å². The van der Waals surface area contributed by atoms with Gasteiger partial charge < -0.3 is 4.90 Å². The third kappa shape index (κ3) is 4.48. The number of rotatable bonds is 5. The van der Waals surface area contributed by atoms with E-state index in [0.717, 1.165) is 66.7 Å². The summed E-state index contributed by atoms with van der Waals surface area (Å²) in [6.07, 6.45) is 6.88. The first-order chi connectivity index (χ1) is 17.0. The monoisotopic (exact) mass is 510 g/mol. The van der Waals surface area contributed by atoms with Crippen molar-refractivity contribution in [2.75, 3.05) is 50.4 Å². The van der Waals surface area contributed by atoms with Crippen molar-refractivity contribution in [3.63, 3.8) is 0 Å². The Morgan fingerprint density at radius 3 is 2.57 bits per heavy atom. The highest BCUT2D eigenvalue weighted by Gasteiger charge is 2.26. The van der Waals surface area contributed by atoms with Gasteiger partial charge in [-0.3, -0.25) is 9.89 Å². The first-order valence-corrected chi connectivity index (χ1v) is 15.0. The number of aliphatic imine (C=N–C) groups is 1. The van der Waals surface area contributed by atoms with Crippen molar-refractivity contribution in [3.05, 3.63) is 40.3 Å². The van der Waals surface area contributed by atoms with E-state index in [1.165, 1.54) is 42.2 Å². The van der Waals surface area contributed by atoms with Crippen LogP contribution in [0, 0.1) is 0 Å². The van der Waals surface area contributed by atoms with Gasteiger partial charge >= 0.3 is 0 Å². The Labute approximate surface area is 210 Å². The fourth-order valence-corrected chi connectivity index (χ4v) is 7.12. The highest BCUT2D eigenvalue weighted by atomic mass is 32.2. The van der Waals surface area contributed by atoms with Crippen LogP contribution in [0.3, 0.4) is 0 Å². The van der Waals surface area contributed by atoms with Crippen molar-refractivity contribution in [2.24, 2.45) is 4.99 Å². The van der Waals surface area contributed by atoms with Gasteiger partial charge in [0, 0.05) is 68.7 Å². The minimum atomic E-state index is -3.13. The van der Waals surface area contributed by atoms with Crippen molar-refractivity contribution in [1.82, 2.24) is 19.2 Å². The van der Waals surface area contributed by atoms with E-state index in [9.17, 15) is 8.42 Å².